The molecule has 0 aliphatic heterocycles. The molecule has 0 unspecified atom stereocenters. The Bertz CT molecular complexity index is 659. The summed E-state index contributed by atoms with van der Waals surface area (Å²) in [4.78, 5) is 12.0. The van der Waals surface area contributed by atoms with Crippen molar-refractivity contribution in [1.82, 2.24) is 5.32 Å². The summed E-state index contributed by atoms with van der Waals surface area (Å²) in [5.41, 5.74) is 3.90. The van der Waals surface area contributed by atoms with Gasteiger partial charge in [0.25, 0.3) is 0 Å². The fourth-order valence-electron chi connectivity index (χ4n) is 2.73. The second-order valence-corrected chi connectivity index (χ2v) is 5.43. The molecule has 0 radical (unpaired) electrons. The highest BCUT2D eigenvalue weighted by atomic mass is 19.1. The highest BCUT2D eigenvalue weighted by molar-refractivity contribution is 5.90. The number of fused-ring (bicyclic) bond motifs is 1. The van der Waals surface area contributed by atoms with Crippen molar-refractivity contribution in [3.05, 3.63) is 65.0 Å². The van der Waals surface area contributed by atoms with Crippen LogP contribution in [0.4, 0.5) is 14.9 Å². The zero-order valence-corrected chi connectivity index (χ0v) is 11.8. The molecule has 3 nitrogen and oxygen atoms in total. The zero-order valence-electron chi connectivity index (χ0n) is 11.8. The van der Waals surface area contributed by atoms with Crippen LogP contribution in [0, 0.1) is 12.7 Å². The molecule has 1 aliphatic carbocycles. The molecule has 2 N–H and O–H groups in total. The van der Waals surface area contributed by atoms with E-state index in [2.05, 4.69) is 22.8 Å². The van der Waals surface area contributed by atoms with E-state index in [-0.39, 0.29) is 17.9 Å². The van der Waals surface area contributed by atoms with Crippen molar-refractivity contribution in [3.63, 3.8) is 0 Å². The predicted molar refractivity (Wildman–Crippen MR) is 80.9 cm³/mol. The van der Waals surface area contributed by atoms with E-state index >= 15 is 0 Å². The molecule has 2 aromatic carbocycles. The number of carbonyl (C=O) groups is 1. The van der Waals surface area contributed by atoms with Crippen LogP contribution in [0.25, 0.3) is 0 Å². The first-order valence-corrected chi connectivity index (χ1v) is 7.02. The van der Waals surface area contributed by atoms with Crippen molar-refractivity contribution >= 4 is 11.7 Å². The number of aryl methyl sites for hydroxylation is 1. The average Bonchev–Trinajstić information content (AvgIpc) is 2.84. The van der Waals surface area contributed by atoms with Crippen LogP contribution in [0.15, 0.2) is 42.5 Å². The summed E-state index contributed by atoms with van der Waals surface area (Å²) in [7, 11) is 0. The molecule has 3 rings (SSSR count). The number of nitrogens with one attached hydrogen (secondary N) is 2. The molecule has 2 aromatic rings. The normalized spacial score (nSPS) is 13.8. The molecule has 0 bridgehead atoms. The number of hydrogen-bond donors (Lipinski definition) is 2. The fraction of sp³-hybridized carbons (Fsp3) is 0.235. The van der Waals surface area contributed by atoms with E-state index in [4.69, 9.17) is 0 Å². The molecule has 0 fully saturated rings. The van der Waals surface area contributed by atoms with Crippen LogP contribution < -0.4 is 10.6 Å². The lowest BCUT2D eigenvalue weighted by molar-refractivity contribution is 0.249. The van der Waals surface area contributed by atoms with Gasteiger partial charge in [-0.3, -0.25) is 0 Å². The molecule has 21 heavy (non-hydrogen) atoms. The standard InChI is InChI=1S/C17H17FN2O/c1-11-6-7-14(18)10-16(11)20-17(21)19-15-8-12-4-2-3-5-13(12)9-15/h2-7,10,15H,8-9H2,1H3,(H2,19,20,21). The van der Waals surface area contributed by atoms with Gasteiger partial charge >= 0.3 is 6.03 Å². The highest BCUT2D eigenvalue weighted by Crippen LogP contribution is 2.22. The molecule has 0 atom stereocenters. The van der Waals surface area contributed by atoms with E-state index in [1.807, 2.05) is 19.1 Å². The van der Waals surface area contributed by atoms with Crippen LogP contribution in [0.5, 0.6) is 0 Å². The van der Waals surface area contributed by atoms with E-state index in [1.54, 1.807) is 6.07 Å². The minimum Gasteiger partial charge on any atom is -0.334 e. The first kappa shape index (κ1) is 13.6. The number of hydrogen-bond acceptors (Lipinski definition) is 1. The third kappa shape index (κ3) is 3.05. The number of urea groups is 1. The first-order valence-electron chi connectivity index (χ1n) is 7.02. The molecule has 0 saturated heterocycles. The van der Waals surface area contributed by atoms with Crippen LogP contribution in [0.1, 0.15) is 16.7 Å². The number of halogens is 1. The lowest BCUT2D eigenvalue weighted by Gasteiger charge is -2.14. The molecule has 4 heteroatoms. The van der Waals surface area contributed by atoms with Gasteiger partial charge in [-0.15, -0.1) is 0 Å². The van der Waals surface area contributed by atoms with E-state index in [0.717, 1.165) is 18.4 Å². The Kier molecular flexibility index (Phi) is 3.60. The SMILES string of the molecule is Cc1ccc(F)cc1NC(=O)NC1Cc2ccccc2C1. The van der Waals surface area contributed by atoms with Crippen molar-refractivity contribution in [2.45, 2.75) is 25.8 Å². The molecule has 108 valence electrons. The van der Waals surface area contributed by atoms with Crippen molar-refractivity contribution in [3.8, 4) is 0 Å². The Morgan fingerprint density at radius 1 is 1.14 bits per heavy atom. The van der Waals surface area contributed by atoms with E-state index in [9.17, 15) is 9.18 Å². The van der Waals surface area contributed by atoms with Gasteiger partial charge in [0.05, 0.1) is 0 Å². The molecule has 0 spiro atoms. The van der Waals surface area contributed by atoms with Gasteiger partial charge in [-0.2, -0.15) is 0 Å². The quantitative estimate of drug-likeness (QED) is 0.871. The van der Waals surface area contributed by atoms with Crippen molar-refractivity contribution in [2.75, 3.05) is 5.32 Å². The van der Waals surface area contributed by atoms with Crippen LogP contribution in [0.2, 0.25) is 0 Å². The molecule has 0 heterocycles. The van der Waals surface area contributed by atoms with Gasteiger partial charge in [0.1, 0.15) is 5.82 Å². The second-order valence-electron chi connectivity index (χ2n) is 5.43. The van der Waals surface area contributed by atoms with Gasteiger partial charge < -0.3 is 10.6 Å². The minimum atomic E-state index is -0.357. The highest BCUT2D eigenvalue weighted by Gasteiger charge is 2.22. The van der Waals surface area contributed by atoms with Crippen molar-refractivity contribution < 1.29 is 9.18 Å². The van der Waals surface area contributed by atoms with E-state index in [1.165, 1.54) is 23.3 Å². The van der Waals surface area contributed by atoms with Crippen molar-refractivity contribution in [1.29, 1.82) is 0 Å². The van der Waals surface area contributed by atoms with Gasteiger partial charge in [-0.1, -0.05) is 30.3 Å². The fourth-order valence-corrected chi connectivity index (χ4v) is 2.73. The van der Waals surface area contributed by atoms with E-state index in [0.29, 0.717) is 5.69 Å². The van der Waals surface area contributed by atoms with Gasteiger partial charge in [0, 0.05) is 11.7 Å². The van der Waals surface area contributed by atoms with Gasteiger partial charge in [0.2, 0.25) is 0 Å². The first-order chi connectivity index (χ1) is 10.1. The summed E-state index contributed by atoms with van der Waals surface area (Å²) >= 11 is 0. The largest absolute Gasteiger partial charge is 0.334 e. The Morgan fingerprint density at radius 3 is 2.48 bits per heavy atom. The molecule has 1 aliphatic rings. The number of carbonyl (C=O) groups excluding carboxylic acids is 1. The van der Waals surface area contributed by atoms with Crippen LogP contribution in [-0.2, 0) is 12.8 Å². The maximum absolute atomic E-state index is 13.2. The summed E-state index contributed by atoms with van der Waals surface area (Å²) < 4.78 is 13.2. The Labute approximate surface area is 123 Å². The molecule has 0 saturated carbocycles. The number of benzene rings is 2. The Balaban J connectivity index is 1.62. The summed E-state index contributed by atoms with van der Waals surface area (Å²) in [6, 6.07) is 12.4. The molecular weight excluding hydrogens is 267 g/mol. The van der Waals surface area contributed by atoms with Crippen LogP contribution in [-0.4, -0.2) is 12.1 Å². The van der Waals surface area contributed by atoms with Crippen molar-refractivity contribution in [2.24, 2.45) is 0 Å². The smallest absolute Gasteiger partial charge is 0.319 e. The van der Waals surface area contributed by atoms with Crippen LogP contribution >= 0.6 is 0 Å². The second kappa shape index (κ2) is 5.56. The van der Waals surface area contributed by atoms with E-state index < -0.39 is 0 Å². The van der Waals surface area contributed by atoms with Gasteiger partial charge in [-0.05, 0) is 48.6 Å². The summed E-state index contributed by atoms with van der Waals surface area (Å²) in [5.74, 6) is -0.357. The number of anilines is 1. The summed E-state index contributed by atoms with van der Waals surface area (Å²) in [6.07, 6.45) is 1.68. The number of amides is 2. The van der Waals surface area contributed by atoms with Gasteiger partial charge in [0.15, 0.2) is 0 Å². The minimum absolute atomic E-state index is 0.0938. The Hall–Kier alpha value is -2.36. The third-order valence-corrected chi connectivity index (χ3v) is 3.83. The van der Waals surface area contributed by atoms with Gasteiger partial charge in [-0.25, -0.2) is 9.18 Å². The number of rotatable bonds is 2. The monoisotopic (exact) mass is 284 g/mol. The predicted octanol–water partition coefficient (Wildman–Crippen LogP) is 3.42. The Morgan fingerprint density at radius 2 is 1.81 bits per heavy atom. The summed E-state index contributed by atoms with van der Waals surface area (Å²) in [6.45, 7) is 1.83. The maximum atomic E-state index is 13.2. The topological polar surface area (TPSA) is 41.1 Å². The summed E-state index contributed by atoms with van der Waals surface area (Å²) in [5, 5.41) is 5.66. The molecular formula is C17H17FN2O. The van der Waals surface area contributed by atoms with Crippen LogP contribution in [0.3, 0.4) is 0 Å². The lowest BCUT2D eigenvalue weighted by Crippen LogP contribution is -2.38. The maximum Gasteiger partial charge on any atom is 0.319 e. The zero-order chi connectivity index (χ0) is 14.8. The molecule has 2 amide bonds. The molecule has 0 aromatic heterocycles. The third-order valence-electron chi connectivity index (χ3n) is 3.83. The average molecular weight is 284 g/mol. The lowest BCUT2D eigenvalue weighted by atomic mass is 10.1.